The second kappa shape index (κ2) is 3.91. The van der Waals surface area contributed by atoms with Crippen molar-refractivity contribution in [1.82, 2.24) is 0 Å². The van der Waals surface area contributed by atoms with Crippen LogP contribution in [0.1, 0.15) is 24.0 Å². The van der Waals surface area contributed by atoms with E-state index in [4.69, 9.17) is 5.73 Å². The maximum absolute atomic E-state index is 13.0. The number of rotatable bonds is 2. The first kappa shape index (κ1) is 13.3. The predicted molar refractivity (Wildman–Crippen MR) is 56.4 cm³/mol. The van der Waals surface area contributed by atoms with E-state index in [1.807, 2.05) is 0 Å². The van der Waals surface area contributed by atoms with Gasteiger partial charge in [0.2, 0.25) is 5.92 Å². The number of benzene rings is 1. The highest BCUT2D eigenvalue weighted by molar-refractivity contribution is 5.39. The van der Waals surface area contributed by atoms with Gasteiger partial charge in [0.25, 0.3) is 0 Å². The molecule has 0 atom stereocenters. The van der Waals surface area contributed by atoms with Crippen LogP contribution in [-0.4, -0.2) is 12.5 Å². The largest absolute Gasteiger partial charge is 0.416 e. The molecule has 0 bridgehead atoms. The summed E-state index contributed by atoms with van der Waals surface area (Å²) in [6.07, 6.45) is -5.79. The molecule has 0 saturated heterocycles. The molecule has 18 heavy (non-hydrogen) atoms. The molecular formula is C12H12F5N. The second-order valence-corrected chi connectivity index (χ2v) is 4.74. The number of nitrogens with two attached hydrogens (primary N) is 1. The van der Waals surface area contributed by atoms with Crippen molar-refractivity contribution in [1.29, 1.82) is 0 Å². The van der Waals surface area contributed by atoms with Gasteiger partial charge in [0.1, 0.15) is 0 Å². The van der Waals surface area contributed by atoms with Crippen LogP contribution >= 0.6 is 0 Å². The normalized spacial score (nSPS) is 21.4. The molecule has 1 fully saturated rings. The van der Waals surface area contributed by atoms with Gasteiger partial charge in [0.05, 0.1) is 5.56 Å². The van der Waals surface area contributed by atoms with Gasteiger partial charge < -0.3 is 5.73 Å². The molecule has 1 nitrogen and oxygen atoms in total. The van der Waals surface area contributed by atoms with E-state index in [1.54, 1.807) is 0 Å². The molecule has 0 aliphatic heterocycles. The highest BCUT2D eigenvalue weighted by Gasteiger charge is 2.58. The summed E-state index contributed by atoms with van der Waals surface area (Å²) in [5.41, 5.74) is 3.19. The van der Waals surface area contributed by atoms with Crippen molar-refractivity contribution in [3.8, 4) is 0 Å². The van der Waals surface area contributed by atoms with E-state index in [9.17, 15) is 22.0 Å². The summed E-state index contributed by atoms with van der Waals surface area (Å²) in [6.45, 7) is -0.213. The Hall–Kier alpha value is -1.17. The third-order valence-corrected chi connectivity index (χ3v) is 3.39. The molecule has 0 amide bonds. The molecule has 0 heterocycles. The molecule has 1 aliphatic rings. The summed E-state index contributed by atoms with van der Waals surface area (Å²) >= 11 is 0. The molecule has 1 aromatic rings. The number of hydrogen-bond acceptors (Lipinski definition) is 1. The summed E-state index contributed by atoms with van der Waals surface area (Å²) in [5.74, 6) is -2.92. The first-order valence-corrected chi connectivity index (χ1v) is 5.45. The molecule has 0 aromatic heterocycles. The molecule has 1 aliphatic carbocycles. The number of alkyl halides is 5. The minimum Gasteiger partial charge on any atom is -0.330 e. The smallest absolute Gasteiger partial charge is 0.330 e. The molecule has 1 saturated carbocycles. The van der Waals surface area contributed by atoms with Crippen molar-refractivity contribution in [2.45, 2.75) is 30.4 Å². The maximum atomic E-state index is 13.0. The predicted octanol–water partition coefficient (Wildman–Crippen LogP) is 3.33. The van der Waals surface area contributed by atoms with Gasteiger partial charge in [-0.3, -0.25) is 0 Å². The number of hydrogen-bond donors (Lipinski definition) is 1. The average molecular weight is 265 g/mol. The third-order valence-electron chi connectivity index (χ3n) is 3.39. The van der Waals surface area contributed by atoms with Gasteiger partial charge in [-0.1, -0.05) is 18.2 Å². The molecule has 6 heteroatoms. The van der Waals surface area contributed by atoms with E-state index in [2.05, 4.69) is 0 Å². The SMILES string of the molecule is NCC1(c2ccccc2C(F)(F)F)CC(F)(F)C1. The first-order valence-electron chi connectivity index (χ1n) is 5.45. The fourth-order valence-electron chi connectivity index (χ4n) is 2.58. The maximum Gasteiger partial charge on any atom is 0.416 e. The molecule has 0 radical (unpaired) electrons. The van der Waals surface area contributed by atoms with Crippen molar-refractivity contribution in [2.24, 2.45) is 5.73 Å². The third kappa shape index (κ3) is 2.09. The Morgan fingerprint density at radius 3 is 2.11 bits per heavy atom. The monoisotopic (exact) mass is 265 g/mol. The van der Waals surface area contributed by atoms with Crippen LogP contribution < -0.4 is 5.73 Å². The van der Waals surface area contributed by atoms with E-state index < -0.39 is 35.9 Å². The van der Waals surface area contributed by atoms with Crippen LogP contribution in [0.2, 0.25) is 0 Å². The van der Waals surface area contributed by atoms with Crippen LogP contribution in [-0.2, 0) is 11.6 Å². The van der Waals surface area contributed by atoms with Crippen molar-refractivity contribution in [3.05, 3.63) is 35.4 Å². The second-order valence-electron chi connectivity index (χ2n) is 4.74. The Morgan fingerprint density at radius 2 is 1.67 bits per heavy atom. The summed E-state index contributed by atoms with van der Waals surface area (Å²) < 4.78 is 64.5. The average Bonchev–Trinajstić information content (AvgIpc) is 2.24. The zero-order chi connectivity index (χ0) is 13.6. The molecule has 0 unspecified atom stereocenters. The lowest BCUT2D eigenvalue weighted by Crippen LogP contribution is -2.54. The Morgan fingerprint density at radius 1 is 1.11 bits per heavy atom. The standard InChI is InChI=1S/C12H12F5N/c13-11(14)5-10(6-11,7-18)8-3-1-2-4-9(8)12(15,16)17/h1-4H,5-7,18H2. The van der Waals surface area contributed by atoms with Gasteiger partial charge in [-0.05, 0) is 11.6 Å². The van der Waals surface area contributed by atoms with Gasteiger partial charge in [0, 0.05) is 24.8 Å². The van der Waals surface area contributed by atoms with Gasteiger partial charge in [0.15, 0.2) is 0 Å². The Kier molecular flexibility index (Phi) is 2.88. The minimum atomic E-state index is -4.55. The molecular weight excluding hydrogens is 253 g/mol. The molecule has 0 spiro atoms. The van der Waals surface area contributed by atoms with Gasteiger partial charge in [-0.2, -0.15) is 13.2 Å². The minimum absolute atomic E-state index is 0.120. The van der Waals surface area contributed by atoms with E-state index >= 15 is 0 Å². The van der Waals surface area contributed by atoms with Crippen molar-refractivity contribution in [3.63, 3.8) is 0 Å². The summed E-state index contributed by atoms with van der Waals surface area (Å²) in [5, 5.41) is 0. The summed E-state index contributed by atoms with van der Waals surface area (Å²) in [6, 6.07) is 4.81. The van der Waals surface area contributed by atoms with Crippen LogP contribution in [0.25, 0.3) is 0 Å². The first-order chi connectivity index (χ1) is 8.20. The van der Waals surface area contributed by atoms with Crippen LogP contribution in [0, 0.1) is 0 Å². The Labute approximate surface area is 101 Å². The lowest BCUT2D eigenvalue weighted by molar-refractivity contribution is -0.147. The lowest BCUT2D eigenvalue weighted by atomic mass is 9.61. The van der Waals surface area contributed by atoms with E-state index in [-0.39, 0.29) is 12.1 Å². The Balaban J connectivity index is 2.45. The summed E-state index contributed by atoms with van der Waals surface area (Å²) in [4.78, 5) is 0. The van der Waals surface area contributed by atoms with E-state index in [1.165, 1.54) is 18.2 Å². The van der Waals surface area contributed by atoms with Crippen molar-refractivity contribution < 1.29 is 22.0 Å². The van der Waals surface area contributed by atoms with Crippen molar-refractivity contribution >= 4 is 0 Å². The van der Waals surface area contributed by atoms with Crippen LogP contribution in [0.15, 0.2) is 24.3 Å². The van der Waals surface area contributed by atoms with Gasteiger partial charge in [-0.25, -0.2) is 8.78 Å². The van der Waals surface area contributed by atoms with Crippen LogP contribution in [0.3, 0.4) is 0 Å². The number of halogens is 5. The fourth-order valence-corrected chi connectivity index (χ4v) is 2.58. The Bertz CT molecular complexity index is 444. The zero-order valence-electron chi connectivity index (χ0n) is 9.40. The van der Waals surface area contributed by atoms with Crippen molar-refractivity contribution in [2.75, 3.05) is 6.54 Å². The van der Waals surface area contributed by atoms with E-state index in [0.717, 1.165) is 6.07 Å². The zero-order valence-corrected chi connectivity index (χ0v) is 9.40. The lowest BCUT2D eigenvalue weighted by Gasteiger charge is -2.48. The summed E-state index contributed by atoms with van der Waals surface area (Å²) in [7, 11) is 0. The van der Waals surface area contributed by atoms with Crippen LogP contribution in [0.5, 0.6) is 0 Å². The van der Waals surface area contributed by atoms with Crippen LogP contribution in [0.4, 0.5) is 22.0 Å². The van der Waals surface area contributed by atoms with Gasteiger partial charge in [-0.15, -0.1) is 0 Å². The topological polar surface area (TPSA) is 26.0 Å². The highest BCUT2D eigenvalue weighted by Crippen LogP contribution is 2.54. The highest BCUT2D eigenvalue weighted by atomic mass is 19.4. The molecule has 100 valence electrons. The van der Waals surface area contributed by atoms with E-state index in [0.29, 0.717) is 0 Å². The fraction of sp³-hybridized carbons (Fsp3) is 0.500. The quantitative estimate of drug-likeness (QED) is 0.815. The van der Waals surface area contributed by atoms with Gasteiger partial charge >= 0.3 is 6.18 Å². The molecule has 1 aromatic carbocycles. The molecule has 2 rings (SSSR count). The molecule has 2 N–H and O–H groups in total.